The van der Waals surface area contributed by atoms with Crippen molar-refractivity contribution in [2.24, 2.45) is 0 Å². The lowest BCUT2D eigenvalue weighted by Crippen LogP contribution is -1.97. The van der Waals surface area contributed by atoms with Gasteiger partial charge in [-0.05, 0) is 47.1 Å². The smallest absolute Gasteiger partial charge is 0.284 e. The number of nitrogens with zero attached hydrogens (tertiary/aromatic N) is 2. The van der Waals surface area contributed by atoms with E-state index >= 15 is 0 Å². The van der Waals surface area contributed by atoms with Crippen molar-refractivity contribution in [2.45, 2.75) is 16.8 Å². The normalized spacial score (nSPS) is 10.3. The summed E-state index contributed by atoms with van der Waals surface area (Å²) in [5.74, 6) is -0.205. The minimum absolute atomic E-state index is 0.0970. The Balaban J connectivity index is 2.44. The minimum atomic E-state index is -0.494. The lowest BCUT2D eigenvalue weighted by molar-refractivity contribution is -0.387. The van der Waals surface area contributed by atoms with Crippen LogP contribution in [-0.4, -0.2) is 15.7 Å². The van der Waals surface area contributed by atoms with Gasteiger partial charge in [-0.2, -0.15) is 0 Å². The van der Waals surface area contributed by atoms with Crippen molar-refractivity contribution >= 4 is 39.2 Å². The third kappa shape index (κ3) is 3.23. The Bertz CT molecular complexity index is 691. The van der Waals surface area contributed by atoms with E-state index in [-0.39, 0.29) is 11.5 Å². The van der Waals surface area contributed by atoms with Crippen LogP contribution in [0.2, 0.25) is 0 Å². The van der Waals surface area contributed by atoms with E-state index in [4.69, 9.17) is 0 Å². The summed E-state index contributed by atoms with van der Waals surface area (Å²) in [4.78, 5) is 26.5. The van der Waals surface area contributed by atoms with Crippen LogP contribution in [0.4, 0.5) is 5.69 Å². The second-order valence-electron chi connectivity index (χ2n) is 3.89. The predicted molar refractivity (Wildman–Crippen MR) is 79.2 cm³/mol. The van der Waals surface area contributed by atoms with Crippen molar-refractivity contribution in [3.8, 4) is 0 Å². The van der Waals surface area contributed by atoms with Crippen molar-refractivity contribution < 1.29 is 9.72 Å². The summed E-state index contributed by atoms with van der Waals surface area (Å²) in [7, 11) is 0. The maximum atomic E-state index is 11.3. The first-order valence-electron chi connectivity index (χ1n) is 5.57. The highest BCUT2D eigenvalue weighted by Gasteiger charge is 2.18. The number of hydrogen-bond donors (Lipinski definition) is 0. The molecule has 0 radical (unpaired) electrons. The van der Waals surface area contributed by atoms with E-state index in [2.05, 4.69) is 20.9 Å². The number of aromatic nitrogens is 1. The molecule has 102 valence electrons. The van der Waals surface area contributed by atoms with Gasteiger partial charge in [0.1, 0.15) is 5.03 Å². The van der Waals surface area contributed by atoms with E-state index in [1.54, 1.807) is 24.4 Å². The molecular weight excluding hydrogens is 344 g/mol. The Kier molecular flexibility index (Phi) is 4.51. The Morgan fingerprint density at radius 2 is 2.15 bits per heavy atom. The van der Waals surface area contributed by atoms with Gasteiger partial charge in [-0.15, -0.1) is 0 Å². The molecule has 2 aromatic rings. The summed E-state index contributed by atoms with van der Waals surface area (Å²) in [6.07, 6.45) is 1.61. The second kappa shape index (κ2) is 6.15. The number of carbonyl (C=O) groups is 1. The summed E-state index contributed by atoms with van der Waals surface area (Å²) >= 11 is 4.52. The molecule has 1 aromatic heterocycles. The number of benzene rings is 1. The number of nitro benzene ring substituents is 1. The van der Waals surface area contributed by atoms with Crippen LogP contribution in [0.3, 0.4) is 0 Å². The largest absolute Gasteiger partial charge is 0.295 e. The molecule has 1 aromatic carbocycles. The summed E-state index contributed by atoms with van der Waals surface area (Å²) < 4.78 is 0.759. The van der Waals surface area contributed by atoms with Crippen molar-refractivity contribution in [2.75, 3.05) is 0 Å². The van der Waals surface area contributed by atoms with Crippen LogP contribution in [-0.2, 0) is 0 Å². The molecule has 0 atom stereocenters. The number of carbonyl (C=O) groups excluding carboxylic acids is 1. The number of rotatable bonds is 4. The highest BCUT2D eigenvalue weighted by molar-refractivity contribution is 9.10. The molecule has 2 rings (SSSR count). The third-order valence-corrected chi connectivity index (χ3v) is 4.48. The molecule has 0 saturated heterocycles. The van der Waals surface area contributed by atoms with E-state index < -0.39 is 4.92 Å². The van der Waals surface area contributed by atoms with Crippen LogP contribution in [0.5, 0.6) is 0 Å². The average molecular weight is 353 g/mol. The van der Waals surface area contributed by atoms with Gasteiger partial charge in [0.05, 0.1) is 14.3 Å². The van der Waals surface area contributed by atoms with Crippen LogP contribution in [0, 0.1) is 10.1 Å². The zero-order valence-corrected chi connectivity index (χ0v) is 12.8. The van der Waals surface area contributed by atoms with Gasteiger partial charge < -0.3 is 0 Å². The number of halogens is 1. The minimum Gasteiger partial charge on any atom is -0.295 e. The molecule has 7 heteroatoms. The molecule has 0 N–H and O–H groups in total. The molecule has 20 heavy (non-hydrogen) atoms. The van der Waals surface area contributed by atoms with Gasteiger partial charge in [-0.25, -0.2) is 4.98 Å². The van der Waals surface area contributed by atoms with Gasteiger partial charge in [0.15, 0.2) is 5.78 Å². The van der Waals surface area contributed by atoms with Gasteiger partial charge in [-0.1, -0.05) is 11.8 Å². The van der Waals surface area contributed by atoms with Crippen molar-refractivity contribution in [1.29, 1.82) is 0 Å². The fourth-order valence-corrected chi connectivity index (χ4v) is 2.88. The molecule has 0 aliphatic heterocycles. The van der Waals surface area contributed by atoms with E-state index in [9.17, 15) is 14.9 Å². The molecule has 5 nitrogen and oxygen atoms in total. The first kappa shape index (κ1) is 14.7. The van der Waals surface area contributed by atoms with E-state index in [0.29, 0.717) is 15.5 Å². The summed E-state index contributed by atoms with van der Waals surface area (Å²) in [6.45, 7) is 1.38. The molecule has 0 fully saturated rings. The maximum absolute atomic E-state index is 11.3. The SMILES string of the molecule is CC(=O)c1ccc(Sc2ncccc2Br)c([N+](=O)[O-])c1. The Morgan fingerprint density at radius 3 is 2.75 bits per heavy atom. The van der Waals surface area contributed by atoms with Crippen LogP contribution in [0.1, 0.15) is 17.3 Å². The molecular formula is C13H9BrN2O3S. The highest BCUT2D eigenvalue weighted by atomic mass is 79.9. The number of ketones is 1. The van der Waals surface area contributed by atoms with E-state index in [1.807, 2.05) is 6.07 Å². The quantitative estimate of drug-likeness (QED) is 0.470. The average Bonchev–Trinajstić information content (AvgIpc) is 2.41. The molecule has 0 bridgehead atoms. The number of Topliss-reactive ketones (excluding diaryl/α,β-unsaturated/α-hetero) is 1. The van der Waals surface area contributed by atoms with Crippen molar-refractivity contribution in [3.63, 3.8) is 0 Å². The van der Waals surface area contributed by atoms with Crippen LogP contribution in [0.15, 0.2) is 50.9 Å². The second-order valence-corrected chi connectivity index (χ2v) is 5.77. The van der Waals surface area contributed by atoms with Crippen LogP contribution in [0.25, 0.3) is 0 Å². The van der Waals surface area contributed by atoms with E-state index in [0.717, 1.165) is 4.47 Å². The summed E-state index contributed by atoms with van der Waals surface area (Å²) in [5, 5.41) is 11.8. The highest BCUT2D eigenvalue weighted by Crippen LogP contribution is 2.37. The Labute approximate surface area is 127 Å². The maximum Gasteiger partial charge on any atom is 0.284 e. The fourth-order valence-electron chi connectivity index (χ4n) is 1.52. The van der Waals surface area contributed by atoms with Gasteiger partial charge in [-0.3, -0.25) is 14.9 Å². The zero-order chi connectivity index (χ0) is 14.7. The van der Waals surface area contributed by atoms with Crippen molar-refractivity contribution in [1.82, 2.24) is 4.98 Å². The molecule has 1 heterocycles. The lowest BCUT2D eigenvalue weighted by atomic mass is 10.1. The predicted octanol–water partition coefficient (Wildman–Crippen LogP) is 4.11. The number of nitro groups is 1. The summed E-state index contributed by atoms with van der Waals surface area (Å²) in [6, 6.07) is 8.02. The molecule has 0 unspecified atom stereocenters. The molecule has 0 amide bonds. The number of hydrogen-bond acceptors (Lipinski definition) is 5. The zero-order valence-electron chi connectivity index (χ0n) is 10.4. The standard InChI is InChI=1S/C13H9BrN2O3S/c1-8(17)9-4-5-12(11(7-9)16(18)19)20-13-10(14)3-2-6-15-13/h2-7H,1H3. The summed E-state index contributed by atoms with van der Waals surface area (Å²) in [5.41, 5.74) is 0.224. The molecule has 0 spiro atoms. The Morgan fingerprint density at radius 1 is 1.40 bits per heavy atom. The van der Waals surface area contributed by atoms with Gasteiger partial charge in [0.2, 0.25) is 0 Å². The lowest BCUT2D eigenvalue weighted by Gasteiger charge is -2.05. The first-order chi connectivity index (χ1) is 9.49. The first-order valence-corrected chi connectivity index (χ1v) is 7.17. The van der Waals surface area contributed by atoms with Crippen LogP contribution < -0.4 is 0 Å². The van der Waals surface area contributed by atoms with Gasteiger partial charge >= 0.3 is 0 Å². The molecule has 0 aliphatic carbocycles. The van der Waals surface area contributed by atoms with E-state index in [1.165, 1.54) is 24.8 Å². The Hall–Kier alpha value is -1.73. The topological polar surface area (TPSA) is 73.1 Å². The fraction of sp³-hybridized carbons (Fsp3) is 0.0769. The molecule has 0 saturated carbocycles. The monoisotopic (exact) mass is 352 g/mol. The third-order valence-electron chi connectivity index (χ3n) is 2.49. The number of pyridine rings is 1. The van der Waals surface area contributed by atoms with Gasteiger partial charge in [0, 0.05) is 17.8 Å². The van der Waals surface area contributed by atoms with Gasteiger partial charge in [0.25, 0.3) is 5.69 Å². The molecule has 0 aliphatic rings. The van der Waals surface area contributed by atoms with Crippen molar-refractivity contribution in [3.05, 3.63) is 56.7 Å². The van der Waals surface area contributed by atoms with Crippen LogP contribution >= 0.6 is 27.7 Å².